The second-order valence-corrected chi connectivity index (χ2v) is 10.2. The van der Waals surface area contributed by atoms with Gasteiger partial charge in [0.1, 0.15) is 16.8 Å². The van der Waals surface area contributed by atoms with Crippen molar-refractivity contribution in [3.63, 3.8) is 0 Å². The van der Waals surface area contributed by atoms with Crippen molar-refractivity contribution in [2.75, 3.05) is 13.1 Å². The van der Waals surface area contributed by atoms with Gasteiger partial charge < -0.3 is 20.0 Å². The van der Waals surface area contributed by atoms with Crippen LogP contribution in [-0.4, -0.2) is 61.9 Å². The number of aliphatic hydroxyl groups is 2. The van der Waals surface area contributed by atoms with Crippen LogP contribution in [0.15, 0.2) is 35.6 Å². The van der Waals surface area contributed by atoms with Crippen LogP contribution in [0.4, 0.5) is 30.7 Å². The van der Waals surface area contributed by atoms with E-state index in [-0.39, 0.29) is 29.1 Å². The summed E-state index contributed by atoms with van der Waals surface area (Å²) in [6.07, 6.45) is -5.18. The van der Waals surface area contributed by atoms with Crippen molar-refractivity contribution >= 4 is 23.4 Å². The Morgan fingerprint density at radius 3 is 2.24 bits per heavy atom. The zero-order valence-electron chi connectivity index (χ0n) is 18.3. The number of likely N-dealkylation sites (tertiary alicyclic amines) is 1. The van der Waals surface area contributed by atoms with E-state index in [4.69, 9.17) is 0 Å². The maximum atomic E-state index is 15.3. The molecule has 3 unspecified atom stereocenters. The van der Waals surface area contributed by atoms with Gasteiger partial charge in [-0.2, -0.15) is 13.2 Å². The standard InChI is InChI=1S/C22H16F7N3O4S/c23-11-3-10(4-12(24)16(11)25)21(22(27,28)29)5-13(31-36-21)9-1-2-14(30-6-9)20(26)7-32(8-20)17(33)15-18(34)37-19(15)35/h1-4,6,15,18-19,34-35H,5,7-8H2. The van der Waals surface area contributed by atoms with Crippen LogP contribution in [0, 0.1) is 23.4 Å². The summed E-state index contributed by atoms with van der Waals surface area (Å²) in [5, 5.41) is 22.6. The van der Waals surface area contributed by atoms with E-state index in [2.05, 4.69) is 15.0 Å². The van der Waals surface area contributed by atoms with Gasteiger partial charge in [0.2, 0.25) is 5.91 Å². The molecule has 0 aliphatic carbocycles. The quantitative estimate of drug-likeness (QED) is 0.448. The minimum atomic E-state index is -5.20. The van der Waals surface area contributed by atoms with E-state index in [1.54, 1.807) is 0 Å². The second-order valence-electron chi connectivity index (χ2n) is 8.92. The summed E-state index contributed by atoms with van der Waals surface area (Å²) in [6.45, 7) is -0.802. The normalized spacial score (nSPS) is 28.7. The lowest BCUT2D eigenvalue weighted by Gasteiger charge is -2.48. The number of thioether (sulfide) groups is 1. The van der Waals surface area contributed by atoms with Crippen molar-refractivity contribution in [1.29, 1.82) is 0 Å². The number of alkyl halides is 4. The number of oxime groups is 1. The molecule has 0 saturated carbocycles. The van der Waals surface area contributed by atoms with Crippen LogP contribution < -0.4 is 0 Å². The highest BCUT2D eigenvalue weighted by molar-refractivity contribution is 8.01. The van der Waals surface area contributed by atoms with Crippen LogP contribution in [0.2, 0.25) is 0 Å². The van der Waals surface area contributed by atoms with Crippen LogP contribution in [0.1, 0.15) is 23.2 Å². The first-order valence-electron chi connectivity index (χ1n) is 10.7. The molecule has 1 aromatic heterocycles. The van der Waals surface area contributed by atoms with E-state index in [1.165, 1.54) is 12.1 Å². The molecule has 198 valence electrons. The fourth-order valence-electron chi connectivity index (χ4n) is 4.37. The van der Waals surface area contributed by atoms with Gasteiger partial charge in [-0.3, -0.25) is 9.78 Å². The van der Waals surface area contributed by atoms with E-state index in [0.717, 1.165) is 22.9 Å². The van der Waals surface area contributed by atoms with Gasteiger partial charge in [-0.05, 0) is 24.3 Å². The van der Waals surface area contributed by atoms with E-state index >= 15 is 4.39 Å². The summed E-state index contributed by atoms with van der Waals surface area (Å²) < 4.78 is 97.9. The van der Waals surface area contributed by atoms with Crippen LogP contribution in [0.5, 0.6) is 0 Å². The number of halogens is 7. The Morgan fingerprint density at radius 1 is 1.11 bits per heavy atom. The Labute approximate surface area is 207 Å². The van der Waals surface area contributed by atoms with Gasteiger partial charge in [0, 0.05) is 17.3 Å². The lowest BCUT2D eigenvalue weighted by atomic mass is 9.86. The summed E-state index contributed by atoms with van der Waals surface area (Å²) in [4.78, 5) is 22.0. The predicted octanol–water partition coefficient (Wildman–Crippen LogP) is 3.09. The maximum Gasteiger partial charge on any atom is 0.435 e. The van der Waals surface area contributed by atoms with Crippen LogP contribution in [-0.2, 0) is 20.9 Å². The summed E-state index contributed by atoms with van der Waals surface area (Å²) in [6, 6.07) is 2.78. The fraction of sp³-hybridized carbons (Fsp3) is 0.409. The number of rotatable bonds is 4. The molecule has 2 fully saturated rings. The van der Waals surface area contributed by atoms with Crippen LogP contribution in [0.25, 0.3) is 0 Å². The van der Waals surface area contributed by atoms with Gasteiger partial charge >= 0.3 is 6.18 Å². The summed E-state index contributed by atoms with van der Waals surface area (Å²) in [5.41, 5.74) is -8.96. The number of hydrogen-bond donors (Lipinski definition) is 2. The molecule has 0 radical (unpaired) electrons. The second kappa shape index (κ2) is 8.56. The molecule has 0 spiro atoms. The van der Waals surface area contributed by atoms with E-state index in [9.17, 15) is 41.4 Å². The largest absolute Gasteiger partial charge is 0.435 e. The molecule has 1 aromatic carbocycles. The van der Waals surface area contributed by atoms with Gasteiger partial charge in [0.05, 0.1) is 30.9 Å². The van der Waals surface area contributed by atoms with E-state index in [1.807, 2.05) is 0 Å². The summed E-state index contributed by atoms with van der Waals surface area (Å²) in [7, 11) is 0. The van der Waals surface area contributed by atoms with Gasteiger partial charge in [-0.15, -0.1) is 0 Å². The molecule has 2 N–H and O–H groups in total. The molecule has 0 bridgehead atoms. The molecule has 3 aliphatic rings. The molecule has 1 amide bonds. The highest BCUT2D eigenvalue weighted by Crippen LogP contribution is 2.49. The SMILES string of the molecule is O=C(C1C(O)SC1O)N1CC(F)(c2ccc(C3=NOC(c4cc(F)c(F)c(F)c4)(C(F)(F)F)C3)cn2)C1. The maximum absolute atomic E-state index is 15.3. The number of amides is 1. The predicted molar refractivity (Wildman–Crippen MR) is 113 cm³/mol. The highest BCUT2D eigenvalue weighted by Gasteiger charge is 2.63. The van der Waals surface area contributed by atoms with Gasteiger partial charge in [-0.25, -0.2) is 17.6 Å². The van der Waals surface area contributed by atoms with E-state index < -0.39 is 82.7 Å². The Bertz CT molecular complexity index is 1260. The molecule has 3 aliphatic heterocycles. The molecule has 15 heteroatoms. The number of pyridine rings is 1. The first-order chi connectivity index (χ1) is 17.3. The molecule has 4 heterocycles. The number of aliphatic hydroxyl groups excluding tert-OH is 2. The minimum Gasteiger partial charge on any atom is -0.381 e. The molecular weight excluding hydrogens is 535 g/mol. The van der Waals surface area contributed by atoms with Crippen molar-refractivity contribution < 1.29 is 50.6 Å². The number of aromatic nitrogens is 1. The number of hydrogen-bond acceptors (Lipinski definition) is 7. The monoisotopic (exact) mass is 551 g/mol. The zero-order chi connectivity index (χ0) is 26.9. The molecule has 2 aromatic rings. The molecule has 7 nitrogen and oxygen atoms in total. The molecule has 37 heavy (non-hydrogen) atoms. The molecule has 3 atom stereocenters. The Balaban J connectivity index is 1.32. The average Bonchev–Trinajstić information content (AvgIpc) is 3.27. The van der Waals surface area contributed by atoms with Gasteiger partial charge in [-0.1, -0.05) is 16.9 Å². The van der Waals surface area contributed by atoms with Gasteiger partial charge in [0.15, 0.2) is 23.1 Å². The number of nitrogens with zero attached hydrogens (tertiary/aromatic N) is 3. The van der Waals surface area contributed by atoms with Crippen molar-refractivity contribution in [3.8, 4) is 0 Å². The Hall–Kier alpha value is -2.91. The topological polar surface area (TPSA) is 95.2 Å². The van der Waals surface area contributed by atoms with Gasteiger partial charge in [0.25, 0.3) is 5.60 Å². The Morgan fingerprint density at radius 2 is 1.73 bits per heavy atom. The number of carbonyl (C=O) groups excluding carboxylic acids is 1. The molecular formula is C22H16F7N3O4S. The summed E-state index contributed by atoms with van der Waals surface area (Å²) in [5.74, 6) is -7.26. The number of benzene rings is 1. The molecule has 2 saturated heterocycles. The summed E-state index contributed by atoms with van der Waals surface area (Å²) >= 11 is 0.795. The van der Waals surface area contributed by atoms with Crippen LogP contribution >= 0.6 is 11.8 Å². The zero-order valence-corrected chi connectivity index (χ0v) is 19.2. The van der Waals surface area contributed by atoms with Crippen molar-refractivity contribution in [1.82, 2.24) is 9.88 Å². The first kappa shape index (κ1) is 25.7. The van der Waals surface area contributed by atoms with Crippen molar-refractivity contribution in [2.24, 2.45) is 11.1 Å². The Kier molecular flexibility index (Phi) is 5.95. The lowest BCUT2D eigenvalue weighted by Crippen LogP contribution is -2.63. The third kappa shape index (κ3) is 4.03. The van der Waals surface area contributed by atoms with E-state index in [0.29, 0.717) is 0 Å². The van der Waals surface area contributed by atoms with Crippen molar-refractivity contribution in [2.45, 2.75) is 34.7 Å². The first-order valence-corrected chi connectivity index (χ1v) is 11.6. The smallest absolute Gasteiger partial charge is 0.381 e. The third-order valence-corrected chi connectivity index (χ3v) is 7.71. The molecule has 5 rings (SSSR count). The fourth-order valence-corrected chi connectivity index (χ4v) is 5.25. The number of carbonyl (C=O) groups is 1. The minimum absolute atomic E-state index is 0.00604. The highest BCUT2D eigenvalue weighted by atomic mass is 32.2. The lowest BCUT2D eigenvalue weighted by molar-refractivity contribution is -0.276. The van der Waals surface area contributed by atoms with Crippen molar-refractivity contribution in [3.05, 3.63) is 64.7 Å². The third-order valence-electron chi connectivity index (χ3n) is 6.56. The average molecular weight is 551 g/mol. The van der Waals surface area contributed by atoms with Crippen LogP contribution in [0.3, 0.4) is 0 Å².